The summed E-state index contributed by atoms with van der Waals surface area (Å²) in [4.78, 5) is 23.8. The molecule has 6 nitrogen and oxygen atoms in total. The van der Waals surface area contributed by atoms with Crippen LogP contribution in [-0.4, -0.2) is 25.5 Å². The van der Waals surface area contributed by atoms with Gasteiger partial charge in [0, 0.05) is 29.5 Å². The molecule has 2 amide bonds. The zero-order valence-electron chi connectivity index (χ0n) is 15.3. The molecule has 2 aromatic rings. The molecule has 0 spiro atoms. The fourth-order valence-corrected chi connectivity index (χ4v) is 2.34. The molecule has 0 aliphatic carbocycles. The van der Waals surface area contributed by atoms with Gasteiger partial charge in [-0.25, -0.2) is 0 Å². The van der Waals surface area contributed by atoms with Crippen molar-refractivity contribution in [1.82, 2.24) is 0 Å². The maximum absolute atomic E-state index is 12.0. The third kappa shape index (κ3) is 6.47. The van der Waals surface area contributed by atoms with Crippen LogP contribution in [0.25, 0.3) is 0 Å². The second-order valence-electron chi connectivity index (χ2n) is 6.36. The second kappa shape index (κ2) is 9.46. The summed E-state index contributed by atoms with van der Waals surface area (Å²) in [6.45, 7) is 4.14. The van der Waals surface area contributed by atoms with Crippen LogP contribution in [0.2, 0.25) is 0 Å². The van der Waals surface area contributed by atoms with Crippen molar-refractivity contribution in [1.29, 1.82) is 0 Å². The Morgan fingerprint density at radius 3 is 2.23 bits per heavy atom. The topological polar surface area (TPSA) is 79.5 Å². The largest absolute Gasteiger partial charge is 0.497 e. The lowest BCUT2D eigenvalue weighted by Gasteiger charge is -2.10. The van der Waals surface area contributed by atoms with Crippen LogP contribution in [0.5, 0.6) is 5.75 Å². The molecule has 0 fully saturated rings. The Morgan fingerprint density at radius 2 is 1.58 bits per heavy atom. The normalized spacial score (nSPS) is 10.3. The molecule has 0 saturated heterocycles. The van der Waals surface area contributed by atoms with Crippen LogP contribution in [0, 0.1) is 5.92 Å². The minimum Gasteiger partial charge on any atom is -0.497 e. The van der Waals surface area contributed by atoms with Crippen LogP contribution >= 0.6 is 0 Å². The summed E-state index contributed by atoms with van der Waals surface area (Å²) >= 11 is 0. The van der Waals surface area contributed by atoms with Gasteiger partial charge < -0.3 is 20.7 Å². The van der Waals surface area contributed by atoms with Gasteiger partial charge in [0.1, 0.15) is 5.75 Å². The Labute approximate surface area is 153 Å². The molecule has 0 heterocycles. The van der Waals surface area contributed by atoms with Gasteiger partial charge in [0.15, 0.2) is 0 Å². The quantitative estimate of drug-likeness (QED) is 0.674. The van der Waals surface area contributed by atoms with E-state index < -0.39 is 0 Å². The summed E-state index contributed by atoms with van der Waals surface area (Å²) in [7, 11) is 1.58. The van der Waals surface area contributed by atoms with Gasteiger partial charge in [0.25, 0.3) is 0 Å². The number of hydrogen-bond donors (Lipinski definition) is 3. The Balaban J connectivity index is 1.81. The van der Waals surface area contributed by atoms with Gasteiger partial charge in [-0.05, 0) is 42.3 Å². The van der Waals surface area contributed by atoms with E-state index in [0.717, 1.165) is 11.4 Å². The summed E-state index contributed by atoms with van der Waals surface area (Å²) in [5.41, 5.74) is 2.22. The predicted octanol–water partition coefficient (Wildman–Crippen LogP) is 3.73. The highest BCUT2D eigenvalue weighted by molar-refractivity contribution is 5.94. The molecule has 0 aliphatic heterocycles. The third-order valence-corrected chi connectivity index (χ3v) is 3.57. The molecule has 0 aliphatic rings. The molecule has 0 bridgehead atoms. The summed E-state index contributed by atoms with van der Waals surface area (Å²) < 4.78 is 5.13. The minimum atomic E-state index is -0.160. The van der Waals surface area contributed by atoms with E-state index in [1.807, 2.05) is 38.1 Å². The minimum absolute atomic E-state index is 0.00150. The number of ether oxygens (including phenoxy) is 1. The molecule has 138 valence electrons. The van der Waals surface area contributed by atoms with Gasteiger partial charge >= 0.3 is 0 Å². The van der Waals surface area contributed by atoms with E-state index in [1.165, 1.54) is 0 Å². The van der Waals surface area contributed by atoms with Crippen molar-refractivity contribution in [3.63, 3.8) is 0 Å². The summed E-state index contributed by atoms with van der Waals surface area (Å²) in [6, 6.07) is 14.4. The van der Waals surface area contributed by atoms with Gasteiger partial charge in [-0.1, -0.05) is 19.9 Å². The van der Waals surface area contributed by atoms with Crippen molar-refractivity contribution < 1.29 is 14.3 Å². The zero-order valence-corrected chi connectivity index (χ0v) is 15.3. The van der Waals surface area contributed by atoms with E-state index in [9.17, 15) is 9.59 Å². The van der Waals surface area contributed by atoms with Gasteiger partial charge in [-0.3, -0.25) is 9.59 Å². The lowest BCUT2D eigenvalue weighted by Crippen LogP contribution is -2.21. The van der Waals surface area contributed by atoms with E-state index in [2.05, 4.69) is 16.0 Å². The van der Waals surface area contributed by atoms with E-state index in [1.54, 1.807) is 31.4 Å². The van der Waals surface area contributed by atoms with Crippen LogP contribution < -0.4 is 20.7 Å². The van der Waals surface area contributed by atoms with Crippen LogP contribution in [-0.2, 0) is 9.59 Å². The van der Waals surface area contributed by atoms with E-state index in [-0.39, 0.29) is 18.4 Å². The van der Waals surface area contributed by atoms with Gasteiger partial charge in [-0.2, -0.15) is 0 Å². The number of rotatable bonds is 8. The van der Waals surface area contributed by atoms with Gasteiger partial charge in [0.2, 0.25) is 11.8 Å². The summed E-state index contributed by atoms with van der Waals surface area (Å²) in [6.07, 6.45) is 0.491. The SMILES string of the molecule is COc1cccc(NC(=O)CNc2ccc(NC(=O)CC(C)C)cc2)c1. The van der Waals surface area contributed by atoms with Crippen molar-refractivity contribution in [2.45, 2.75) is 20.3 Å². The van der Waals surface area contributed by atoms with Crippen molar-refractivity contribution in [2.75, 3.05) is 29.6 Å². The number of methoxy groups -OCH3 is 1. The number of carbonyl (C=O) groups is 2. The molecule has 2 rings (SSSR count). The third-order valence-electron chi connectivity index (χ3n) is 3.57. The molecular formula is C20H25N3O3. The standard InChI is InChI=1S/C20H25N3O3/c1-14(2)11-19(24)22-16-9-7-15(8-10-16)21-13-20(25)23-17-5-4-6-18(12-17)26-3/h4-10,12,14,21H,11,13H2,1-3H3,(H,22,24)(H,23,25). The monoisotopic (exact) mass is 355 g/mol. The number of carbonyl (C=O) groups excluding carboxylic acids is 2. The first-order valence-corrected chi connectivity index (χ1v) is 8.54. The maximum Gasteiger partial charge on any atom is 0.243 e. The Kier molecular flexibility index (Phi) is 7.02. The molecule has 2 aromatic carbocycles. The molecule has 6 heteroatoms. The molecule has 0 saturated carbocycles. The van der Waals surface area contributed by atoms with Gasteiger partial charge in [-0.15, -0.1) is 0 Å². The van der Waals surface area contributed by atoms with Crippen molar-refractivity contribution >= 4 is 28.9 Å². The average molecular weight is 355 g/mol. The number of benzene rings is 2. The predicted molar refractivity (Wildman–Crippen MR) is 105 cm³/mol. The van der Waals surface area contributed by atoms with Crippen LogP contribution in [0.4, 0.5) is 17.1 Å². The van der Waals surface area contributed by atoms with E-state index >= 15 is 0 Å². The Morgan fingerprint density at radius 1 is 0.923 bits per heavy atom. The fourth-order valence-electron chi connectivity index (χ4n) is 2.34. The highest BCUT2D eigenvalue weighted by Crippen LogP contribution is 2.17. The van der Waals surface area contributed by atoms with Crippen LogP contribution in [0.1, 0.15) is 20.3 Å². The molecule has 0 unspecified atom stereocenters. The first-order valence-electron chi connectivity index (χ1n) is 8.54. The molecule has 0 aromatic heterocycles. The number of amides is 2. The molecule has 0 radical (unpaired) electrons. The van der Waals surface area contributed by atoms with E-state index in [4.69, 9.17) is 4.74 Å². The van der Waals surface area contributed by atoms with Crippen molar-refractivity contribution in [3.8, 4) is 5.75 Å². The first-order chi connectivity index (χ1) is 12.5. The number of nitrogens with one attached hydrogen (secondary N) is 3. The van der Waals surface area contributed by atoms with Crippen LogP contribution in [0.15, 0.2) is 48.5 Å². The lowest BCUT2D eigenvalue weighted by molar-refractivity contribution is -0.117. The smallest absolute Gasteiger partial charge is 0.243 e. The highest BCUT2D eigenvalue weighted by Gasteiger charge is 2.06. The maximum atomic E-state index is 12.0. The average Bonchev–Trinajstić information content (AvgIpc) is 2.60. The fraction of sp³-hybridized carbons (Fsp3) is 0.300. The number of hydrogen-bond acceptors (Lipinski definition) is 4. The van der Waals surface area contributed by atoms with Gasteiger partial charge in [0.05, 0.1) is 13.7 Å². The van der Waals surface area contributed by atoms with Crippen molar-refractivity contribution in [3.05, 3.63) is 48.5 Å². The van der Waals surface area contributed by atoms with E-state index in [0.29, 0.717) is 23.8 Å². The molecule has 3 N–H and O–H groups in total. The van der Waals surface area contributed by atoms with Crippen LogP contribution in [0.3, 0.4) is 0 Å². The molecule has 0 atom stereocenters. The second-order valence-corrected chi connectivity index (χ2v) is 6.36. The summed E-state index contributed by atoms with van der Waals surface area (Å²) in [5.74, 6) is 0.843. The zero-order chi connectivity index (χ0) is 18.9. The summed E-state index contributed by atoms with van der Waals surface area (Å²) in [5, 5.41) is 8.71. The first kappa shape index (κ1) is 19.3. The Bertz CT molecular complexity index is 742. The van der Waals surface area contributed by atoms with Crippen molar-refractivity contribution in [2.24, 2.45) is 5.92 Å². The lowest BCUT2D eigenvalue weighted by atomic mass is 10.1. The molecular weight excluding hydrogens is 330 g/mol. The Hall–Kier alpha value is -3.02. The highest BCUT2D eigenvalue weighted by atomic mass is 16.5. The molecule has 26 heavy (non-hydrogen) atoms. The number of anilines is 3.